The fourth-order valence-electron chi connectivity index (χ4n) is 2.97. The highest BCUT2D eigenvalue weighted by Gasteiger charge is 2.49. The first kappa shape index (κ1) is 12.1. The van der Waals surface area contributed by atoms with Crippen molar-refractivity contribution in [2.24, 2.45) is 10.7 Å². The van der Waals surface area contributed by atoms with Crippen LogP contribution in [0.2, 0.25) is 0 Å². The van der Waals surface area contributed by atoms with E-state index in [2.05, 4.69) is 42.4 Å². The van der Waals surface area contributed by atoms with Crippen molar-refractivity contribution in [2.75, 3.05) is 12.3 Å². The zero-order chi connectivity index (χ0) is 11.8. The maximum Gasteiger partial charge on any atom is 0.192 e. The van der Waals surface area contributed by atoms with E-state index < -0.39 is 0 Å². The third-order valence-electron chi connectivity index (χ3n) is 4.15. The molecule has 3 nitrogen and oxygen atoms in total. The van der Waals surface area contributed by atoms with E-state index in [9.17, 15) is 0 Å². The lowest BCUT2D eigenvalue weighted by molar-refractivity contribution is 0.137. The Bertz CT molecular complexity index is 292. The molecule has 0 aromatic rings. The number of aliphatic imine (C=N–C) groups is 1. The Labute approximate surface area is 103 Å². The second-order valence-corrected chi connectivity index (χ2v) is 6.47. The van der Waals surface area contributed by atoms with Gasteiger partial charge in [-0.05, 0) is 31.9 Å². The lowest BCUT2D eigenvalue weighted by Crippen LogP contribution is -2.61. The van der Waals surface area contributed by atoms with Gasteiger partial charge in [0.1, 0.15) is 0 Å². The molecule has 0 bridgehead atoms. The Morgan fingerprint density at radius 3 is 3.06 bits per heavy atom. The topological polar surface area (TPSA) is 41.6 Å². The Morgan fingerprint density at radius 2 is 2.44 bits per heavy atom. The summed E-state index contributed by atoms with van der Waals surface area (Å²) in [6, 6.07) is 0.507. The van der Waals surface area contributed by atoms with Gasteiger partial charge in [0.15, 0.2) is 5.96 Å². The Kier molecular flexibility index (Phi) is 3.38. The number of hydrogen-bond acceptors (Lipinski definition) is 4. The molecule has 0 aromatic carbocycles. The minimum atomic E-state index is 0.211. The summed E-state index contributed by atoms with van der Waals surface area (Å²) in [6.45, 7) is 7.73. The predicted molar refractivity (Wildman–Crippen MR) is 72.0 cm³/mol. The van der Waals surface area contributed by atoms with Gasteiger partial charge >= 0.3 is 0 Å². The zero-order valence-corrected chi connectivity index (χ0v) is 11.4. The largest absolute Gasteiger partial charge is 0.370 e. The number of guanidine groups is 1. The van der Waals surface area contributed by atoms with Crippen molar-refractivity contribution in [3.63, 3.8) is 0 Å². The Balaban J connectivity index is 2.26. The molecule has 2 rings (SSSR count). The van der Waals surface area contributed by atoms with Crippen LogP contribution < -0.4 is 5.73 Å². The van der Waals surface area contributed by atoms with Gasteiger partial charge in [-0.2, -0.15) is 11.8 Å². The second kappa shape index (κ2) is 4.47. The summed E-state index contributed by atoms with van der Waals surface area (Å²) in [5.41, 5.74) is 6.30. The average molecular weight is 241 g/mol. The molecule has 1 fully saturated rings. The monoisotopic (exact) mass is 241 g/mol. The molecule has 0 aromatic heterocycles. The quantitative estimate of drug-likeness (QED) is 0.804. The summed E-state index contributed by atoms with van der Waals surface area (Å²) in [5.74, 6) is 2.06. The van der Waals surface area contributed by atoms with E-state index in [4.69, 9.17) is 5.73 Å². The van der Waals surface area contributed by atoms with Crippen LogP contribution in [-0.4, -0.2) is 40.0 Å². The van der Waals surface area contributed by atoms with Crippen molar-refractivity contribution >= 4 is 17.7 Å². The van der Waals surface area contributed by atoms with Gasteiger partial charge in [-0.25, -0.2) is 0 Å². The van der Waals surface area contributed by atoms with Gasteiger partial charge in [0.05, 0.1) is 12.1 Å². The highest BCUT2D eigenvalue weighted by molar-refractivity contribution is 8.00. The van der Waals surface area contributed by atoms with Crippen LogP contribution in [-0.2, 0) is 0 Å². The van der Waals surface area contributed by atoms with Crippen molar-refractivity contribution in [3.8, 4) is 0 Å². The summed E-state index contributed by atoms with van der Waals surface area (Å²) in [4.78, 5) is 6.93. The maximum absolute atomic E-state index is 6.09. The predicted octanol–water partition coefficient (Wildman–Crippen LogP) is 2.07. The molecule has 92 valence electrons. The smallest absolute Gasteiger partial charge is 0.192 e. The highest BCUT2D eigenvalue weighted by atomic mass is 32.2. The lowest BCUT2D eigenvalue weighted by atomic mass is 9.87. The molecule has 1 spiro atoms. The Morgan fingerprint density at radius 1 is 1.69 bits per heavy atom. The third-order valence-corrected chi connectivity index (χ3v) is 5.61. The van der Waals surface area contributed by atoms with Crippen molar-refractivity contribution in [3.05, 3.63) is 0 Å². The van der Waals surface area contributed by atoms with Gasteiger partial charge in [0, 0.05) is 11.3 Å². The van der Waals surface area contributed by atoms with Gasteiger partial charge in [-0.15, -0.1) is 0 Å². The van der Waals surface area contributed by atoms with E-state index >= 15 is 0 Å². The number of nitrogens with two attached hydrogens (primary N) is 1. The fourth-order valence-corrected chi connectivity index (χ4v) is 4.25. The maximum atomic E-state index is 6.09. The minimum Gasteiger partial charge on any atom is -0.370 e. The minimum absolute atomic E-state index is 0.211. The van der Waals surface area contributed by atoms with E-state index in [1.807, 2.05) is 0 Å². The SMILES string of the molecule is CCC(C)N1C(N)=NCC12CCCSC2C. The molecule has 0 amide bonds. The average Bonchev–Trinajstić information content (AvgIpc) is 2.61. The summed E-state index contributed by atoms with van der Waals surface area (Å²) >= 11 is 2.08. The standard InChI is InChI=1S/C12H23N3S/c1-4-9(2)15-11(13)14-8-12(15)6-5-7-16-10(12)3/h9-10H,4-8H2,1-3H3,(H2,13,14). The molecule has 2 aliphatic heterocycles. The number of rotatable bonds is 2. The molecule has 2 N–H and O–H groups in total. The van der Waals surface area contributed by atoms with Crippen LogP contribution in [0.5, 0.6) is 0 Å². The fraction of sp³-hybridized carbons (Fsp3) is 0.917. The molecule has 16 heavy (non-hydrogen) atoms. The molecule has 1 saturated heterocycles. The van der Waals surface area contributed by atoms with Crippen LogP contribution in [0.15, 0.2) is 4.99 Å². The van der Waals surface area contributed by atoms with Crippen LogP contribution >= 0.6 is 11.8 Å². The van der Waals surface area contributed by atoms with Crippen LogP contribution in [0.25, 0.3) is 0 Å². The molecule has 0 saturated carbocycles. The lowest BCUT2D eigenvalue weighted by Gasteiger charge is -2.48. The number of thioether (sulfide) groups is 1. The van der Waals surface area contributed by atoms with Gasteiger partial charge in [-0.3, -0.25) is 4.99 Å². The van der Waals surface area contributed by atoms with Gasteiger partial charge in [-0.1, -0.05) is 13.8 Å². The summed E-state index contributed by atoms with van der Waals surface area (Å²) < 4.78 is 0. The van der Waals surface area contributed by atoms with Gasteiger partial charge < -0.3 is 10.6 Å². The van der Waals surface area contributed by atoms with Crippen molar-refractivity contribution in [2.45, 2.75) is 56.9 Å². The van der Waals surface area contributed by atoms with Crippen LogP contribution in [0.1, 0.15) is 40.0 Å². The van der Waals surface area contributed by atoms with Crippen LogP contribution in [0.3, 0.4) is 0 Å². The van der Waals surface area contributed by atoms with Crippen molar-refractivity contribution in [1.82, 2.24) is 4.90 Å². The van der Waals surface area contributed by atoms with E-state index in [0.717, 1.165) is 18.9 Å². The van der Waals surface area contributed by atoms with Gasteiger partial charge in [0.2, 0.25) is 0 Å². The van der Waals surface area contributed by atoms with Crippen molar-refractivity contribution in [1.29, 1.82) is 0 Å². The highest BCUT2D eigenvalue weighted by Crippen LogP contribution is 2.42. The normalized spacial score (nSPS) is 36.6. The van der Waals surface area contributed by atoms with Crippen LogP contribution in [0, 0.1) is 0 Å². The van der Waals surface area contributed by atoms with Crippen LogP contribution in [0.4, 0.5) is 0 Å². The first-order valence-corrected chi connectivity index (χ1v) is 7.37. The zero-order valence-electron chi connectivity index (χ0n) is 10.6. The van der Waals surface area contributed by atoms with E-state index in [0.29, 0.717) is 11.3 Å². The molecule has 3 unspecified atom stereocenters. The third kappa shape index (κ3) is 1.71. The molecular weight excluding hydrogens is 218 g/mol. The second-order valence-electron chi connectivity index (χ2n) is 5.02. The molecular formula is C12H23N3S. The molecule has 0 radical (unpaired) electrons. The molecule has 2 aliphatic rings. The van der Waals surface area contributed by atoms with E-state index in [-0.39, 0.29) is 5.54 Å². The van der Waals surface area contributed by atoms with Gasteiger partial charge in [0.25, 0.3) is 0 Å². The summed E-state index contributed by atoms with van der Waals surface area (Å²) in [7, 11) is 0. The summed E-state index contributed by atoms with van der Waals surface area (Å²) in [5, 5.41) is 0.639. The number of nitrogens with zero attached hydrogens (tertiary/aromatic N) is 2. The Hall–Kier alpha value is -0.380. The molecule has 4 heteroatoms. The number of hydrogen-bond donors (Lipinski definition) is 1. The first-order chi connectivity index (χ1) is 7.62. The molecule has 2 heterocycles. The van der Waals surface area contributed by atoms with E-state index in [1.54, 1.807) is 0 Å². The first-order valence-electron chi connectivity index (χ1n) is 6.32. The molecule has 3 atom stereocenters. The van der Waals surface area contributed by atoms with Crippen molar-refractivity contribution < 1.29 is 0 Å². The summed E-state index contributed by atoms with van der Waals surface area (Å²) in [6.07, 6.45) is 3.68. The molecule has 0 aliphatic carbocycles. The van der Waals surface area contributed by atoms with E-state index in [1.165, 1.54) is 18.6 Å².